The first-order chi connectivity index (χ1) is 11.1. The topological polar surface area (TPSA) is 18.5 Å². The summed E-state index contributed by atoms with van der Waals surface area (Å²) in [6, 6.07) is 6.61. The third kappa shape index (κ3) is 5.67. The third-order valence-corrected chi connectivity index (χ3v) is 5.51. The molecule has 0 aliphatic heterocycles. The molecule has 0 atom stereocenters. The molecule has 0 fully saturated rings. The number of allylic oxidation sites excluding steroid dienone is 1. The fourth-order valence-electron chi connectivity index (χ4n) is 3.07. The molecule has 1 aliphatic carbocycles. The van der Waals surface area contributed by atoms with E-state index >= 15 is 0 Å². The lowest BCUT2D eigenvalue weighted by atomic mass is 9.87. The van der Waals surface area contributed by atoms with Gasteiger partial charge in [-0.15, -0.1) is 0 Å². The van der Waals surface area contributed by atoms with E-state index in [2.05, 4.69) is 64.1 Å². The molecule has 0 saturated heterocycles. The normalized spacial score (nSPS) is 15.7. The van der Waals surface area contributed by atoms with Gasteiger partial charge in [-0.25, -0.2) is 0 Å². The van der Waals surface area contributed by atoms with Crippen molar-refractivity contribution >= 4 is 22.4 Å². The van der Waals surface area contributed by atoms with Gasteiger partial charge in [-0.3, -0.25) is 0 Å². The summed E-state index contributed by atoms with van der Waals surface area (Å²) in [4.78, 5) is 0. The van der Waals surface area contributed by atoms with Crippen LogP contribution in [0.1, 0.15) is 29.5 Å². The van der Waals surface area contributed by atoms with Gasteiger partial charge in [0.25, 0.3) is 0 Å². The van der Waals surface area contributed by atoms with E-state index in [1.54, 1.807) is 0 Å². The highest BCUT2D eigenvalue weighted by molar-refractivity contribution is 6.70. The summed E-state index contributed by atoms with van der Waals surface area (Å²) in [5.41, 5.74) is 4.16. The Labute approximate surface area is 149 Å². The van der Waals surface area contributed by atoms with Crippen LogP contribution in [0.5, 0.6) is 0 Å². The number of benzene rings is 1. The second kappa shape index (κ2) is 7.32. The first-order valence-corrected chi connectivity index (χ1v) is 15.8. The van der Waals surface area contributed by atoms with Crippen LogP contribution >= 0.6 is 0 Å². The van der Waals surface area contributed by atoms with Gasteiger partial charge in [0.2, 0.25) is 16.6 Å². The van der Waals surface area contributed by atoms with Crippen molar-refractivity contribution in [1.29, 1.82) is 0 Å². The molecule has 0 amide bonds. The van der Waals surface area contributed by atoms with E-state index in [1.807, 2.05) is 6.08 Å². The smallest absolute Gasteiger partial charge is 0.242 e. The molecule has 0 heterocycles. The van der Waals surface area contributed by atoms with Crippen LogP contribution in [0.15, 0.2) is 36.6 Å². The average molecular weight is 361 g/mol. The maximum atomic E-state index is 6.45. The Morgan fingerprint density at radius 3 is 2.21 bits per heavy atom. The molecule has 132 valence electrons. The second-order valence-electron chi connectivity index (χ2n) is 8.55. The Kier molecular flexibility index (Phi) is 5.81. The van der Waals surface area contributed by atoms with E-state index in [0.717, 1.165) is 17.9 Å². The zero-order chi connectivity index (χ0) is 18.0. The van der Waals surface area contributed by atoms with Crippen LogP contribution in [-0.2, 0) is 21.7 Å². The van der Waals surface area contributed by atoms with Crippen molar-refractivity contribution < 1.29 is 8.85 Å². The zero-order valence-corrected chi connectivity index (χ0v) is 18.2. The minimum Gasteiger partial charge on any atom is -0.545 e. The molecule has 1 aliphatic rings. The summed E-state index contributed by atoms with van der Waals surface area (Å²) in [5, 5.41) is 0. The van der Waals surface area contributed by atoms with Crippen molar-refractivity contribution in [3.05, 3.63) is 53.3 Å². The lowest BCUT2D eigenvalue weighted by molar-refractivity contribution is 0.439. The Balaban J connectivity index is 2.42. The van der Waals surface area contributed by atoms with Crippen LogP contribution < -0.4 is 0 Å². The van der Waals surface area contributed by atoms with E-state index < -0.39 is 16.6 Å². The summed E-state index contributed by atoms with van der Waals surface area (Å²) in [6.07, 6.45) is 6.88. The molecule has 2 rings (SSSR count). The van der Waals surface area contributed by atoms with Crippen LogP contribution in [-0.4, -0.2) is 16.6 Å². The van der Waals surface area contributed by atoms with Gasteiger partial charge in [-0.2, -0.15) is 0 Å². The second-order valence-corrected chi connectivity index (χ2v) is 17.4. The first kappa shape index (κ1) is 19.1. The number of aryl methyl sites for hydroxylation is 1. The molecule has 0 saturated carbocycles. The van der Waals surface area contributed by atoms with Gasteiger partial charge in [-0.1, -0.05) is 24.8 Å². The van der Waals surface area contributed by atoms with E-state index in [4.69, 9.17) is 8.85 Å². The Hall–Kier alpha value is -1.27. The van der Waals surface area contributed by atoms with E-state index in [9.17, 15) is 0 Å². The van der Waals surface area contributed by atoms with Crippen LogP contribution in [0, 0.1) is 0 Å². The highest BCUT2D eigenvalue weighted by Crippen LogP contribution is 2.32. The Bertz CT molecular complexity index is 634. The standard InChI is InChI=1S/C20H32O2Si2/c1-16(21-23(2,3)4)15-20(22-24(5,6)7)19-14-10-12-17-11-8-9-13-18(17)19/h10,12,14-15H,1,8-9,11,13H2,2-7H3/b20-15-. The monoisotopic (exact) mass is 360 g/mol. The van der Waals surface area contributed by atoms with Crippen molar-refractivity contribution in [2.45, 2.75) is 65.0 Å². The van der Waals surface area contributed by atoms with Crippen molar-refractivity contribution in [1.82, 2.24) is 0 Å². The molecule has 0 unspecified atom stereocenters. The maximum absolute atomic E-state index is 6.45. The van der Waals surface area contributed by atoms with E-state index in [1.165, 1.54) is 36.0 Å². The van der Waals surface area contributed by atoms with Crippen LogP contribution in [0.3, 0.4) is 0 Å². The molecule has 0 aromatic heterocycles. The number of fused-ring (bicyclic) bond motifs is 1. The average Bonchev–Trinajstić information content (AvgIpc) is 2.42. The molecule has 4 heteroatoms. The third-order valence-electron chi connectivity index (χ3n) is 3.81. The molecule has 1 aromatic rings. The Morgan fingerprint density at radius 1 is 0.958 bits per heavy atom. The lowest BCUT2D eigenvalue weighted by Gasteiger charge is -2.27. The Morgan fingerprint density at radius 2 is 1.58 bits per heavy atom. The van der Waals surface area contributed by atoms with Gasteiger partial charge in [-0.05, 0) is 76.1 Å². The SMILES string of the molecule is C=C(/C=C(\O[Si](C)(C)C)c1cccc2c1CCCC2)O[Si](C)(C)C. The molecule has 24 heavy (non-hydrogen) atoms. The highest BCUT2D eigenvalue weighted by Gasteiger charge is 2.23. The molecular weight excluding hydrogens is 328 g/mol. The maximum Gasteiger partial charge on any atom is 0.242 e. The minimum absolute atomic E-state index is 0.718. The number of hydrogen-bond acceptors (Lipinski definition) is 2. The fraction of sp³-hybridized carbons (Fsp3) is 0.500. The van der Waals surface area contributed by atoms with Crippen molar-refractivity contribution in [2.24, 2.45) is 0 Å². The molecule has 2 nitrogen and oxygen atoms in total. The summed E-state index contributed by atoms with van der Waals surface area (Å²) < 4.78 is 12.5. The molecule has 0 bridgehead atoms. The highest BCUT2D eigenvalue weighted by atomic mass is 28.4. The first-order valence-electron chi connectivity index (χ1n) is 8.95. The largest absolute Gasteiger partial charge is 0.545 e. The minimum atomic E-state index is -1.73. The molecular formula is C20H32O2Si2. The fourth-order valence-corrected chi connectivity index (χ4v) is 4.75. The summed E-state index contributed by atoms with van der Waals surface area (Å²) in [6.45, 7) is 17.3. The molecule has 1 aromatic carbocycles. The zero-order valence-electron chi connectivity index (χ0n) is 16.2. The quantitative estimate of drug-likeness (QED) is 0.345. The predicted octanol–water partition coefficient (Wildman–Crippen LogP) is 6.12. The molecule has 0 radical (unpaired) electrons. The van der Waals surface area contributed by atoms with Crippen LogP contribution in [0.2, 0.25) is 39.3 Å². The van der Waals surface area contributed by atoms with Gasteiger partial charge in [0, 0.05) is 11.6 Å². The summed E-state index contributed by atoms with van der Waals surface area (Å²) in [5.74, 6) is 1.66. The van der Waals surface area contributed by atoms with Crippen molar-refractivity contribution in [2.75, 3.05) is 0 Å². The van der Waals surface area contributed by atoms with Gasteiger partial charge < -0.3 is 8.85 Å². The van der Waals surface area contributed by atoms with Gasteiger partial charge in [0.15, 0.2) is 0 Å². The van der Waals surface area contributed by atoms with Gasteiger partial charge >= 0.3 is 0 Å². The van der Waals surface area contributed by atoms with Gasteiger partial charge in [0.05, 0.1) is 5.76 Å². The van der Waals surface area contributed by atoms with E-state index in [-0.39, 0.29) is 0 Å². The van der Waals surface area contributed by atoms with Crippen molar-refractivity contribution in [3.63, 3.8) is 0 Å². The summed E-state index contributed by atoms with van der Waals surface area (Å²) in [7, 11) is -3.39. The summed E-state index contributed by atoms with van der Waals surface area (Å²) >= 11 is 0. The number of hydrogen-bond donors (Lipinski definition) is 0. The predicted molar refractivity (Wildman–Crippen MR) is 109 cm³/mol. The van der Waals surface area contributed by atoms with Crippen molar-refractivity contribution in [3.8, 4) is 0 Å². The van der Waals surface area contributed by atoms with E-state index in [0.29, 0.717) is 0 Å². The lowest BCUT2D eigenvalue weighted by Crippen LogP contribution is -2.26. The van der Waals surface area contributed by atoms with Gasteiger partial charge in [0.1, 0.15) is 5.76 Å². The van der Waals surface area contributed by atoms with Crippen LogP contribution in [0.25, 0.3) is 5.76 Å². The van der Waals surface area contributed by atoms with Crippen LogP contribution in [0.4, 0.5) is 0 Å². The number of rotatable bonds is 6. The molecule has 0 N–H and O–H groups in total. The molecule has 0 spiro atoms.